The number of hydrogen-bond donors (Lipinski definition) is 1. The zero-order valence-corrected chi connectivity index (χ0v) is 8.21. The topological polar surface area (TPSA) is 20.2 Å². The van der Waals surface area contributed by atoms with Crippen molar-refractivity contribution in [1.82, 2.24) is 0 Å². The van der Waals surface area contributed by atoms with Crippen molar-refractivity contribution in [3.63, 3.8) is 0 Å². The molecule has 1 unspecified atom stereocenters. The highest BCUT2D eigenvalue weighted by Gasteiger charge is 2.23. The first-order valence-electron chi connectivity index (χ1n) is 4.39. The van der Waals surface area contributed by atoms with E-state index < -0.39 is 5.60 Å². The van der Waals surface area contributed by atoms with E-state index in [4.69, 9.17) is 0 Å². The summed E-state index contributed by atoms with van der Waals surface area (Å²) in [5, 5.41) is 9.72. The minimum Gasteiger partial charge on any atom is -0.390 e. The van der Waals surface area contributed by atoms with Crippen molar-refractivity contribution < 1.29 is 9.50 Å². The molecule has 1 N–H and O–H groups in total. The molecule has 1 nitrogen and oxygen atoms in total. The Balaban J connectivity index is 2.90. The molecule has 0 spiro atoms. The Morgan fingerprint density at radius 3 is 2.08 bits per heavy atom. The zero-order valence-electron chi connectivity index (χ0n) is 8.21. The molecule has 0 aromatic heterocycles. The summed E-state index contributed by atoms with van der Waals surface area (Å²) < 4.78 is 12.6. The predicted molar refractivity (Wildman–Crippen MR) is 51.1 cm³/mol. The van der Waals surface area contributed by atoms with E-state index in [0.717, 1.165) is 5.56 Å². The molecule has 0 aliphatic heterocycles. The van der Waals surface area contributed by atoms with Crippen LogP contribution in [0.25, 0.3) is 0 Å². The van der Waals surface area contributed by atoms with Gasteiger partial charge >= 0.3 is 0 Å². The lowest BCUT2D eigenvalue weighted by atomic mass is 9.86. The maximum Gasteiger partial charge on any atom is 0.123 e. The Bertz CT molecular complexity index is 271. The van der Waals surface area contributed by atoms with Gasteiger partial charge in [0.15, 0.2) is 0 Å². The lowest BCUT2D eigenvalue weighted by Crippen LogP contribution is -2.26. The van der Waals surface area contributed by atoms with E-state index in [1.165, 1.54) is 12.1 Å². The minimum absolute atomic E-state index is 0.00750. The van der Waals surface area contributed by atoms with Crippen molar-refractivity contribution in [1.29, 1.82) is 0 Å². The fraction of sp³-hybridized carbons (Fsp3) is 0.455. The smallest absolute Gasteiger partial charge is 0.123 e. The van der Waals surface area contributed by atoms with Crippen molar-refractivity contribution in [3.05, 3.63) is 35.6 Å². The second-order valence-electron chi connectivity index (χ2n) is 3.93. The second-order valence-corrected chi connectivity index (χ2v) is 3.93. The average molecular weight is 182 g/mol. The van der Waals surface area contributed by atoms with E-state index in [2.05, 4.69) is 0 Å². The summed E-state index contributed by atoms with van der Waals surface area (Å²) in [6.45, 7) is 5.43. The Kier molecular flexibility index (Phi) is 2.71. The first kappa shape index (κ1) is 10.2. The van der Waals surface area contributed by atoms with Crippen LogP contribution < -0.4 is 0 Å². The molecule has 0 aliphatic carbocycles. The molecule has 0 fully saturated rings. The summed E-state index contributed by atoms with van der Waals surface area (Å²) in [5.74, 6) is -0.236. The van der Waals surface area contributed by atoms with Crippen LogP contribution in [0.3, 0.4) is 0 Å². The minimum atomic E-state index is -0.766. The quantitative estimate of drug-likeness (QED) is 0.745. The molecule has 1 rings (SSSR count). The van der Waals surface area contributed by atoms with Gasteiger partial charge in [-0.2, -0.15) is 0 Å². The van der Waals surface area contributed by atoms with E-state index in [-0.39, 0.29) is 11.7 Å². The van der Waals surface area contributed by atoms with Crippen molar-refractivity contribution >= 4 is 0 Å². The van der Waals surface area contributed by atoms with Crippen molar-refractivity contribution in [3.8, 4) is 0 Å². The maximum absolute atomic E-state index is 12.6. The van der Waals surface area contributed by atoms with Gasteiger partial charge < -0.3 is 5.11 Å². The van der Waals surface area contributed by atoms with Gasteiger partial charge in [0.2, 0.25) is 0 Å². The van der Waals surface area contributed by atoms with E-state index in [1.54, 1.807) is 26.0 Å². The van der Waals surface area contributed by atoms with Gasteiger partial charge in [0.1, 0.15) is 5.82 Å². The molecular weight excluding hydrogens is 167 g/mol. The third-order valence-corrected chi connectivity index (χ3v) is 2.43. The maximum atomic E-state index is 12.6. The normalized spacial score (nSPS) is 14.2. The van der Waals surface area contributed by atoms with Gasteiger partial charge in [0.25, 0.3) is 0 Å². The molecule has 0 radical (unpaired) electrons. The molecule has 13 heavy (non-hydrogen) atoms. The molecule has 2 heteroatoms. The molecule has 0 amide bonds. The summed E-state index contributed by atoms with van der Waals surface area (Å²) in [4.78, 5) is 0. The van der Waals surface area contributed by atoms with E-state index in [0.29, 0.717) is 0 Å². The second kappa shape index (κ2) is 3.46. The molecular formula is C11H15FO. The van der Waals surface area contributed by atoms with Crippen LogP contribution in [-0.2, 0) is 0 Å². The first-order chi connectivity index (χ1) is 5.91. The van der Waals surface area contributed by atoms with Gasteiger partial charge in [-0.05, 0) is 31.5 Å². The fourth-order valence-corrected chi connectivity index (χ4v) is 1.16. The van der Waals surface area contributed by atoms with E-state index in [1.807, 2.05) is 6.92 Å². The van der Waals surface area contributed by atoms with Crippen LogP contribution in [0.4, 0.5) is 4.39 Å². The summed E-state index contributed by atoms with van der Waals surface area (Å²) in [6.07, 6.45) is 0. The number of hydrogen-bond acceptors (Lipinski definition) is 1. The predicted octanol–water partition coefficient (Wildman–Crippen LogP) is 2.70. The molecule has 0 aliphatic rings. The Hall–Kier alpha value is -0.890. The molecule has 1 atom stereocenters. The number of rotatable bonds is 2. The van der Waals surface area contributed by atoms with Crippen LogP contribution in [-0.4, -0.2) is 10.7 Å². The van der Waals surface area contributed by atoms with Crippen molar-refractivity contribution in [2.24, 2.45) is 0 Å². The molecule has 1 aromatic carbocycles. The average Bonchev–Trinajstić information content (AvgIpc) is 2.03. The van der Waals surface area contributed by atoms with Gasteiger partial charge in [-0.15, -0.1) is 0 Å². The SMILES string of the molecule is CC(c1ccc(F)cc1)C(C)(C)O. The van der Waals surface area contributed by atoms with Crippen LogP contribution in [0.15, 0.2) is 24.3 Å². The monoisotopic (exact) mass is 182 g/mol. The number of halogens is 1. The molecule has 0 heterocycles. The molecule has 0 saturated carbocycles. The summed E-state index contributed by atoms with van der Waals surface area (Å²) in [5.41, 5.74) is 0.187. The molecule has 0 bridgehead atoms. The summed E-state index contributed by atoms with van der Waals surface area (Å²) >= 11 is 0. The standard InChI is InChI=1S/C11H15FO/c1-8(11(2,3)13)9-4-6-10(12)7-5-9/h4-8,13H,1-3H3. The summed E-state index contributed by atoms with van der Waals surface area (Å²) in [6, 6.07) is 6.24. The lowest BCUT2D eigenvalue weighted by Gasteiger charge is -2.26. The Morgan fingerprint density at radius 2 is 1.69 bits per heavy atom. The Morgan fingerprint density at radius 1 is 1.23 bits per heavy atom. The third kappa shape index (κ3) is 2.52. The molecule has 1 aromatic rings. The van der Waals surface area contributed by atoms with Crippen LogP contribution in [0.1, 0.15) is 32.3 Å². The highest BCUT2D eigenvalue weighted by Crippen LogP contribution is 2.26. The van der Waals surface area contributed by atoms with Gasteiger partial charge in [-0.25, -0.2) is 4.39 Å². The molecule has 0 saturated heterocycles. The van der Waals surface area contributed by atoms with Gasteiger partial charge in [0.05, 0.1) is 5.60 Å². The van der Waals surface area contributed by atoms with Crippen molar-refractivity contribution in [2.75, 3.05) is 0 Å². The van der Waals surface area contributed by atoms with E-state index in [9.17, 15) is 9.50 Å². The highest BCUT2D eigenvalue weighted by atomic mass is 19.1. The van der Waals surface area contributed by atoms with Crippen LogP contribution in [0, 0.1) is 5.82 Å². The Labute approximate surface area is 78.2 Å². The number of aliphatic hydroxyl groups is 1. The van der Waals surface area contributed by atoms with Gasteiger partial charge in [0, 0.05) is 5.92 Å². The zero-order chi connectivity index (χ0) is 10.1. The van der Waals surface area contributed by atoms with Crippen LogP contribution in [0.2, 0.25) is 0 Å². The van der Waals surface area contributed by atoms with Gasteiger partial charge in [-0.3, -0.25) is 0 Å². The van der Waals surface area contributed by atoms with Gasteiger partial charge in [-0.1, -0.05) is 19.1 Å². The van der Waals surface area contributed by atoms with Crippen LogP contribution >= 0.6 is 0 Å². The van der Waals surface area contributed by atoms with Crippen molar-refractivity contribution in [2.45, 2.75) is 32.3 Å². The third-order valence-electron chi connectivity index (χ3n) is 2.43. The highest BCUT2D eigenvalue weighted by molar-refractivity contribution is 5.22. The van der Waals surface area contributed by atoms with E-state index >= 15 is 0 Å². The fourth-order valence-electron chi connectivity index (χ4n) is 1.16. The number of benzene rings is 1. The largest absolute Gasteiger partial charge is 0.390 e. The molecule has 72 valence electrons. The van der Waals surface area contributed by atoms with Crippen LogP contribution in [0.5, 0.6) is 0 Å². The first-order valence-corrected chi connectivity index (χ1v) is 4.39. The lowest BCUT2D eigenvalue weighted by molar-refractivity contribution is 0.0558. The summed E-state index contributed by atoms with van der Waals surface area (Å²) in [7, 11) is 0.